The highest BCUT2D eigenvalue weighted by Crippen LogP contribution is 2.50. The van der Waals surface area contributed by atoms with E-state index < -0.39 is 35.0 Å². The van der Waals surface area contributed by atoms with Crippen LogP contribution in [0.3, 0.4) is 0 Å². The van der Waals surface area contributed by atoms with Crippen LogP contribution in [0.15, 0.2) is 109 Å². The van der Waals surface area contributed by atoms with E-state index in [1.807, 2.05) is 91.0 Å². The zero-order chi connectivity index (χ0) is 28.8. The fourth-order valence-corrected chi connectivity index (χ4v) is 5.56. The van der Waals surface area contributed by atoms with E-state index in [0.29, 0.717) is 6.42 Å². The fourth-order valence-electron chi connectivity index (χ4n) is 5.39. The summed E-state index contributed by atoms with van der Waals surface area (Å²) < 4.78 is 45.2. The predicted octanol–water partition coefficient (Wildman–Crippen LogP) is 9.01. The van der Waals surface area contributed by atoms with Crippen LogP contribution in [-0.2, 0) is 11.0 Å². The summed E-state index contributed by atoms with van der Waals surface area (Å²) in [6.45, 7) is 0.455. The Hall–Kier alpha value is -3.84. The fraction of sp³-hybridized carbons (Fsp3) is 0.250. The number of nitrogens with one attached hydrogen (secondary N) is 1. The second kappa shape index (κ2) is 12.1. The minimum absolute atomic E-state index is 0.0683. The maximum absolute atomic E-state index is 15.1. The van der Waals surface area contributed by atoms with Crippen LogP contribution < -0.4 is 5.32 Å². The van der Waals surface area contributed by atoms with Crippen molar-refractivity contribution in [2.45, 2.75) is 43.3 Å². The molecule has 4 nitrogen and oxygen atoms in total. The normalized spacial score (nSPS) is 13.4. The Balaban J connectivity index is 2.07. The lowest BCUT2D eigenvalue weighted by Gasteiger charge is -2.41. The van der Waals surface area contributed by atoms with Gasteiger partial charge in [0.25, 0.3) is 0 Å². The molecule has 1 N–H and O–H groups in total. The van der Waals surface area contributed by atoms with E-state index in [9.17, 15) is 10.1 Å². The number of rotatable bonds is 11. The first kappa shape index (κ1) is 29.2. The largest absolute Gasteiger partial charge is 0.404 e. The van der Waals surface area contributed by atoms with Crippen molar-refractivity contribution in [3.63, 3.8) is 0 Å². The Morgan fingerprint density at radius 2 is 1.27 bits per heavy atom. The van der Waals surface area contributed by atoms with Gasteiger partial charge in [0.05, 0.1) is 0 Å². The van der Waals surface area contributed by atoms with E-state index in [1.165, 1.54) is 18.2 Å². The third-order valence-electron chi connectivity index (χ3n) is 7.34. The number of hydrogen-bond donors (Lipinski definition) is 1. The number of anilines is 1. The van der Waals surface area contributed by atoms with Crippen LogP contribution in [0.25, 0.3) is 0 Å². The molecule has 4 aromatic carbocycles. The molecule has 0 aliphatic rings. The molecule has 0 spiro atoms. The van der Waals surface area contributed by atoms with E-state index >= 15 is 13.2 Å². The highest BCUT2D eigenvalue weighted by Gasteiger charge is 2.60. The zero-order valence-electron chi connectivity index (χ0n) is 22.0. The van der Waals surface area contributed by atoms with Gasteiger partial charge in [-0.2, -0.15) is 13.2 Å². The van der Waals surface area contributed by atoms with Crippen molar-refractivity contribution in [2.24, 2.45) is 0 Å². The van der Waals surface area contributed by atoms with Crippen molar-refractivity contribution >= 4 is 17.3 Å². The summed E-state index contributed by atoms with van der Waals surface area (Å²) >= 11 is 6.30. The summed E-state index contributed by atoms with van der Waals surface area (Å²) in [4.78, 5) is 10.9. The van der Waals surface area contributed by atoms with Gasteiger partial charge >= 0.3 is 6.18 Å². The molecule has 0 aliphatic heterocycles. The average molecular weight is 567 g/mol. The van der Waals surface area contributed by atoms with Gasteiger partial charge in [0.2, 0.25) is 6.54 Å². The molecule has 8 heteroatoms. The van der Waals surface area contributed by atoms with Crippen molar-refractivity contribution in [1.82, 2.24) is 0 Å². The topological polar surface area (TPSA) is 55.2 Å². The van der Waals surface area contributed by atoms with Crippen LogP contribution in [0.4, 0.5) is 18.9 Å². The first-order valence-corrected chi connectivity index (χ1v) is 13.4. The number of alkyl halides is 3. The molecule has 208 valence electrons. The Labute approximate surface area is 237 Å². The van der Waals surface area contributed by atoms with E-state index in [2.05, 4.69) is 5.32 Å². The van der Waals surface area contributed by atoms with Crippen LogP contribution in [0.5, 0.6) is 0 Å². The Morgan fingerprint density at radius 3 is 1.68 bits per heavy atom. The van der Waals surface area contributed by atoms with Gasteiger partial charge in [-0.25, -0.2) is 0 Å². The van der Waals surface area contributed by atoms with Crippen molar-refractivity contribution in [3.8, 4) is 0 Å². The van der Waals surface area contributed by atoms with E-state index in [0.717, 1.165) is 16.7 Å². The third-order valence-corrected chi connectivity index (χ3v) is 7.57. The van der Waals surface area contributed by atoms with Crippen LogP contribution in [0, 0.1) is 10.1 Å². The van der Waals surface area contributed by atoms with E-state index in [4.69, 9.17) is 11.6 Å². The molecule has 0 amide bonds. The summed E-state index contributed by atoms with van der Waals surface area (Å²) in [5.74, 6) is 0. The monoisotopic (exact) mass is 566 g/mol. The third kappa shape index (κ3) is 5.70. The highest BCUT2D eigenvalue weighted by atomic mass is 35.5. The molecule has 4 aromatic rings. The van der Waals surface area contributed by atoms with E-state index in [1.54, 1.807) is 6.92 Å². The lowest BCUT2D eigenvalue weighted by Crippen LogP contribution is -2.49. The van der Waals surface area contributed by atoms with Crippen LogP contribution in [0.2, 0.25) is 5.02 Å². The number of halogens is 4. The Morgan fingerprint density at radius 1 is 0.800 bits per heavy atom. The van der Waals surface area contributed by atoms with E-state index in [-0.39, 0.29) is 22.7 Å². The molecule has 40 heavy (non-hydrogen) atoms. The Kier molecular flexibility index (Phi) is 8.84. The molecule has 0 radical (unpaired) electrons. The molecular formula is C32H30ClF3N2O2. The maximum atomic E-state index is 15.1. The summed E-state index contributed by atoms with van der Waals surface area (Å²) in [7, 11) is 0. The zero-order valence-corrected chi connectivity index (χ0v) is 22.8. The number of nitrogens with zero attached hydrogens (tertiary/aromatic N) is 1. The minimum Gasteiger partial charge on any atom is -0.368 e. The highest BCUT2D eigenvalue weighted by molar-refractivity contribution is 6.30. The molecule has 4 rings (SSSR count). The van der Waals surface area contributed by atoms with Crippen LogP contribution in [-0.4, -0.2) is 17.6 Å². The molecular weight excluding hydrogens is 537 g/mol. The number of unbranched alkanes of at least 4 members (excludes halogenated alkanes) is 1. The van der Waals surface area contributed by atoms with Crippen molar-refractivity contribution in [3.05, 3.63) is 147 Å². The molecule has 0 fully saturated rings. The SMILES string of the molecule is CCCCC(C[N+](=O)[O-])(c1cc(Cl)ccc1NC(c1ccccc1)(c1ccccc1)c1ccccc1)C(F)(F)F. The van der Waals surface area contributed by atoms with Crippen LogP contribution in [0.1, 0.15) is 48.4 Å². The molecule has 0 aromatic heterocycles. The average Bonchev–Trinajstić information content (AvgIpc) is 2.95. The number of hydrogen-bond acceptors (Lipinski definition) is 3. The van der Waals surface area contributed by atoms with Gasteiger partial charge in [-0.3, -0.25) is 10.1 Å². The van der Waals surface area contributed by atoms with Gasteiger partial charge in [-0.05, 0) is 46.9 Å². The second-order valence-corrected chi connectivity index (χ2v) is 10.3. The van der Waals surface area contributed by atoms with Crippen molar-refractivity contribution < 1.29 is 18.1 Å². The minimum atomic E-state index is -4.91. The summed E-state index contributed by atoms with van der Waals surface area (Å²) in [6, 6.07) is 32.5. The molecule has 0 saturated carbocycles. The van der Waals surface area contributed by atoms with Gasteiger partial charge in [0, 0.05) is 15.6 Å². The van der Waals surface area contributed by atoms with Gasteiger partial charge in [-0.1, -0.05) is 122 Å². The quantitative estimate of drug-likeness (QED) is 0.112. The van der Waals surface area contributed by atoms with Gasteiger partial charge in [0.1, 0.15) is 5.54 Å². The molecule has 0 bridgehead atoms. The summed E-state index contributed by atoms with van der Waals surface area (Å²) in [5.41, 5.74) is -1.66. The molecule has 1 unspecified atom stereocenters. The standard InChI is InChI=1S/C32H30ClF3N2O2/c1-2-3-21-30(23-38(39)40,32(34,35)36)28-22-27(33)19-20-29(28)37-31(24-13-7-4-8-14-24,25-15-9-5-10-16-25)26-17-11-6-12-18-26/h4-20,22,37H,2-3,21,23H2,1H3. The lowest BCUT2D eigenvalue weighted by molar-refractivity contribution is -0.502. The van der Waals surface area contributed by atoms with Gasteiger partial charge in [0.15, 0.2) is 5.41 Å². The Bertz CT molecular complexity index is 1320. The predicted molar refractivity (Wildman–Crippen MR) is 153 cm³/mol. The number of nitro groups is 1. The van der Waals surface area contributed by atoms with Crippen LogP contribution >= 0.6 is 11.6 Å². The first-order valence-electron chi connectivity index (χ1n) is 13.1. The van der Waals surface area contributed by atoms with Crippen molar-refractivity contribution in [2.75, 3.05) is 11.9 Å². The molecule has 0 aliphatic carbocycles. The lowest BCUT2D eigenvalue weighted by atomic mass is 9.73. The smallest absolute Gasteiger partial charge is 0.368 e. The first-order chi connectivity index (χ1) is 19.1. The second-order valence-electron chi connectivity index (χ2n) is 9.84. The van der Waals surface area contributed by atoms with Gasteiger partial charge < -0.3 is 5.32 Å². The summed E-state index contributed by atoms with van der Waals surface area (Å²) in [5, 5.41) is 15.3. The molecule has 1 atom stereocenters. The van der Waals surface area contributed by atoms with Crippen molar-refractivity contribution in [1.29, 1.82) is 0 Å². The summed E-state index contributed by atoms with van der Waals surface area (Å²) in [6.07, 6.45) is -4.76. The number of benzene rings is 4. The molecule has 0 heterocycles. The maximum Gasteiger partial charge on any atom is 0.404 e. The van der Waals surface area contributed by atoms with Gasteiger partial charge in [-0.15, -0.1) is 0 Å². The molecule has 0 saturated heterocycles.